The van der Waals surface area contributed by atoms with E-state index < -0.39 is 0 Å². The van der Waals surface area contributed by atoms with Crippen molar-refractivity contribution in [2.24, 2.45) is 11.8 Å². The highest BCUT2D eigenvalue weighted by molar-refractivity contribution is 4.91. The summed E-state index contributed by atoms with van der Waals surface area (Å²) in [4.78, 5) is 2.45. The number of rotatable bonds is 0. The van der Waals surface area contributed by atoms with Crippen LogP contribution in [-0.2, 0) is 0 Å². The van der Waals surface area contributed by atoms with E-state index in [0.29, 0.717) is 0 Å². The second-order valence-corrected chi connectivity index (χ2v) is 3.31. The summed E-state index contributed by atoms with van der Waals surface area (Å²) in [7, 11) is 2.23. The molecule has 2 fully saturated rings. The number of fused-ring (bicyclic) bond motifs is 1. The minimum absolute atomic E-state index is 1.11. The maximum atomic E-state index is 2.45. The van der Waals surface area contributed by atoms with Gasteiger partial charge >= 0.3 is 0 Å². The monoisotopic (exact) mass is 111 g/mol. The van der Waals surface area contributed by atoms with Crippen LogP contribution in [0, 0.1) is 11.8 Å². The molecule has 0 bridgehead atoms. The molecule has 0 aromatic heterocycles. The lowest BCUT2D eigenvalue weighted by Gasteiger charge is -2.20. The molecule has 0 radical (unpaired) electrons. The number of piperidine rings is 1. The largest absolute Gasteiger partial charge is 0.306 e. The van der Waals surface area contributed by atoms with E-state index in [1.165, 1.54) is 25.9 Å². The standard InChI is InChI=1S/C7H13N/c1-8-3-2-6-4-7(6)5-8/h6-7H,2-5H2,1H3/t6?,7-/m0/s1. The summed E-state index contributed by atoms with van der Waals surface area (Å²) < 4.78 is 0. The van der Waals surface area contributed by atoms with Crippen molar-refractivity contribution < 1.29 is 0 Å². The average molecular weight is 111 g/mol. The van der Waals surface area contributed by atoms with Crippen molar-refractivity contribution >= 4 is 0 Å². The number of nitrogens with zero attached hydrogens (tertiary/aromatic N) is 1. The van der Waals surface area contributed by atoms with E-state index in [0.717, 1.165) is 11.8 Å². The lowest BCUT2D eigenvalue weighted by molar-refractivity contribution is 0.266. The van der Waals surface area contributed by atoms with Gasteiger partial charge in [0.05, 0.1) is 0 Å². The molecule has 2 atom stereocenters. The van der Waals surface area contributed by atoms with Gasteiger partial charge in [-0.3, -0.25) is 0 Å². The molecule has 2 rings (SSSR count). The van der Waals surface area contributed by atoms with Gasteiger partial charge in [-0.2, -0.15) is 0 Å². The molecular formula is C7H13N. The molecule has 0 spiro atoms. The predicted molar refractivity (Wildman–Crippen MR) is 33.7 cm³/mol. The highest BCUT2D eigenvalue weighted by Gasteiger charge is 2.40. The SMILES string of the molecule is CN1CCC2C[C@H]2C1. The summed E-state index contributed by atoms with van der Waals surface area (Å²) >= 11 is 0. The second kappa shape index (κ2) is 1.47. The molecule has 0 aromatic rings. The fourth-order valence-electron chi connectivity index (χ4n) is 1.77. The minimum atomic E-state index is 1.11. The first-order valence-corrected chi connectivity index (χ1v) is 3.55. The first-order chi connectivity index (χ1) is 3.86. The van der Waals surface area contributed by atoms with Crippen molar-refractivity contribution in [1.29, 1.82) is 0 Å². The first kappa shape index (κ1) is 4.80. The van der Waals surface area contributed by atoms with E-state index in [-0.39, 0.29) is 0 Å². The Morgan fingerprint density at radius 3 is 2.88 bits per heavy atom. The van der Waals surface area contributed by atoms with Gasteiger partial charge in [0.1, 0.15) is 0 Å². The van der Waals surface area contributed by atoms with Crippen LogP contribution in [0.15, 0.2) is 0 Å². The smallest absolute Gasteiger partial charge is 0.000937 e. The molecule has 1 saturated heterocycles. The van der Waals surface area contributed by atoms with Crippen molar-refractivity contribution in [3.05, 3.63) is 0 Å². The van der Waals surface area contributed by atoms with Crippen LogP contribution in [0.4, 0.5) is 0 Å². The van der Waals surface area contributed by atoms with Crippen LogP contribution < -0.4 is 0 Å². The molecule has 1 saturated carbocycles. The second-order valence-electron chi connectivity index (χ2n) is 3.31. The average Bonchev–Trinajstić information content (AvgIpc) is 2.43. The summed E-state index contributed by atoms with van der Waals surface area (Å²) in [6.45, 7) is 2.73. The quantitative estimate of drug-likeness (QED) is 0.450. The summed E-state index contributed by atoms with van der Waals surface area (Å²) in [6.07, 6.45) is 3.01. The summed E-state index contributed by atoms with van der Waals surface area (Å²) in [5, 5.41) is 0. The molecule has 8 heavy (non-hydrogen) atoms. The van der Waals surface area contributed by atoms with Gasteiger partial charge in [-0.25, -0.2) is 0 Å². The van der Waals surface area contributed by atoms with Gasteiger partial charge in [-0.1, -0.05) is 0 Å². The van der Waals surface area contributed by atoms with Crippen LogP contribution in [0.25, 0.3) is 0 Å². The third-order valence-corrected chi connectivity index (χ3v) is 2.50. The molecule has 1 nitrogen and oxygen atoms in total. The van der Waals surface area contributed by atoms with E-state index >= 15 is 0 Å². The molecule has 1 heteroatoms. The fraction of sp³-hybridized carbons (Fsp3) is 1.00. The Balaban J connectivity index is 1.93. The van der Waals surface area contributed by atoms with Gasteiger partial charge < -0.3 is 4.90 Å². The van der Waals surface area contributed by atoms with Gasteiger partial charge in [0.15, 0.2) is 0 Å². The van der Waals surface area contributed by atoms with E-state index in [9.17, 15) is 0 Å². The van der Waals surface area contributed by atoms with E-state index in [1.54, 1.807) is 0 Å². The number of likely N-dealkylation sites (tertiary alicyclic amines) is 1. The van der Waals surface area contributed by atoms with Crippen molar-refractivity contribution in [1.82, 2.24) is 4.90 Å². The van der Waals surface area contributed by atoms with Crippen molar-refractivity contribution in [3.8, 4) is 0 Å². The van der Waals surface area contributed by atoms with Crippen LogP contribution in [0.5, 0.6) is 0 Å². The maximum absolute atomic E-state index is 2.45. The Labute approximate surface area is 50.7 Å². The minimum Gasteiger partial charge on any atom is -0.306 e. The molecule has 1 aliphatic carbocycles. The van der Waals surface area contributed by atoms with Crippen LogP contribution in [0.3, 0.4) is 0 Å². The molecule has 1 unspecified atom stereocenters. The van der Waals surface area contributed by atoms with Gasteiger partial charge in [0.25, 0.3) is 0 Å². The molecule has 1 aliphatic heterocycles. The van der Waals surface area contributed by atoms with E-state index in [2.05, 4.69) is 11.9 Å². The molecule has 1 heterocycles. The van der Waals surface area contributed by atoms with Gasteiger partial charge in [0, 0.05) is 6.54 Å². The van der Waals surface area contributed by atoms with E-state index in [4.69, 9.17) is 0 Å². The molecule has 0 amide bonds. The normalized spacial score (nSPS) is 46.1. The fourth-order valence-corrected chi connectivity index (χ4v) is 1.77. The van der Waals surface area contributed by atoms with Crippen molar-refractivity contribution in [2.75, 3.05) is 20.1 Å². The van der Waals surface area contributed by atoms with E-state index in [1.807, 2.05) is 0 Å². The highest BCUT2D eigenvalue weighted by atomic mass is 15.1. The van der Waals surface area contributed by atoms with Crippen LogP contribution >= 0.6 is 0 Å². The maximum Gasteiger partial charge on any atom is 0.000937 e. The molecule has 0 aromatic carbocycles. The molecule has 46 valence electrons. The van der Waals surface area contributed by atoms with Crippen LogP contribution in [0.1, 0.15) is 12.8 Å². The highest BCUT2D eigenvalue weighted by Crippen LogP contribution is 2.44. The third kappa shape index (κ3) is 0.655. The molecular weight excluding hydrogens is 98.1 g/mol. The van der Waals surface area contributed by atoms with Crippen molar-refractivity contribution in [2.45, 2.75) is 12.8 Å². The zero-order chi connectivity index (χ0) is 5.56. The van der Waals surface area contributed by atoms with Gasteiger partial charge in [-0.15, -0.1) is 0 Å². The number of hydrogen-bond acceptors (Lipinski definition) is 1. The predicted octanol–water partition coefficient (Wildman–Crippen LogP) is 0.958. The van der Waals surface area contributed by atoms with Crippen molar-refractivity contribution in [3.63, 3.8) is 0 Å². The first-order valence-electron chi connectivity index (χ1n) is 3.55. The lowest BCUT2D eigenvalue weighted by Crippen LogP contribution is -2.26. The Morgan fingerprint density at radius 2 is 2.25 bits per heavy atom. The zero-order valence-corrected chi connectivity index (χ0v) is 5.43. The Bertz CT molecular complexity index is 101. The Hall–Kier alpha value is -0.0400. The summed E-state index contributed by atoms with van der Waals surface area (Å²) in [6, 6.07) is 0. The van der Waals surface area contributed by atoms with Gasteiger partial charge in [0.2, 0.25) is 0 Å². The van der Waals surface area contributed by atoms with Gasteiger partial charge in [-0.05, 0) is 38.3 Å². The molecule has 0 N–H and O–H groups in total. The summed E-state index contributed by atoms with van der Waals surface area (Å²) in [5.74, 6) is 2.25. The third-order valence-electron chi connectivity index (χ3n) is 2.50. The Kier molecular flexibility index (Phi) is 0.884. The lowest BCUT2D eigenvalue weighted by atomic mass is 10.1. The zero-order valence-electron chi connectivity index (χ0n) is 5.43. The van der Waals surface area contributed by atoms with Crippen LogP contribution in [-0.4, -0.2) is 25.0 Å². The topological polar surface area (TPSA) is 3.24 Å². The Morgan fingerprint density at radius 1 is 1.38 bits per heavy atom. The summed E-state index contributed by atoms with van der Waals surface area (Å²) in [5.41, 5.74) is 0. The number of hydrogen-bond donors (Lipinski definition) is 0. The van der Waals surface area contributed by atoms with Crippen LogP contribution in [0.2, 0.25) is 0 Å². The molecule has 2 aliphatic rings.